The summed E-state index contributed by atoms with van der Waals surface area (Å²) < 4.78 is 4.94. The average Bonchev–Trinajstić information content (AvgIpc) is 2.44. The highest BCUT2D eigenvalue weighted by atomic mass is 32.1. The van der Waals surface area contributed by atoms with E-state index in [0.29, 0.717) is 5.11 Å². The lowest BCUT2D eigenvalue weighted by Gasteiger charge is -2.05. The molecule has 2 N–H and O–H groups in total. The van der Waals surface area contributed by atoms with E-state index in [4.69, 9.17) is 17.0 Å². The van der Waals surface area contributed by atoms with Crippen molar-refractivity contribution in [3.05, 3.63) is 42.0 Å². The third kappa shape index (κ3) is 8.07. The van der Waals surface area contributed by atoms with Crippen LogP contribution in [0, 0.1) is 0 Å². The molecular formula is C14H19N3OS. The van der Waals surface area contributed by atoms with Crippen LogP contribution in [0.4, 0.5) is 0 Å². The fourth-order valence-corrected chi connectivity index (χ4v) is 1.47. The SMILES string of the molecule is COCCCNC(=S)N/N=C\C=C/c1ccccc1. The molecule has 0 unspecified atom stereocenters. The minimum atomic E-state index is 0.514. The van der Waals surface area contributed by atoms with Gasteiger partial charge in [-0.05, 0) is 30.3 Å². The van der Waals surface area contributed by atoms with E-state index in [1.165, 1.54) is 0 Å². The second-order valence-electron chi connectivity index (χ2n) is 3.76. The second-order valence-corrected chi connectivity index (χ2v) is 4.17. The van der Waals surface area contributed by atoms with Gasteiger partial charge < -0.3 is 10.1 Å². The zero-order chi connectivity index (χ0) is 13.8. The van der Waals surface area contributed by atoms with Gasteiger partial charge in [0, 0.05) is 26.5 Å². The molecule has 0 heterocycles. The molecule has 0 saturated carbocycles. The molecule has 0 fully saturated rings. The molecule has 0 saturated heterocycles. The maximum absolute atomic E-state index is 5.05. The van der Waals surface area contributed by atoms with Gasteiger partial charge in [-0.15, -0.1) is 0 Å². The summed E-state index contributed by atoms with van der Waals surface area (Å²) in [5.74, 6) is 0. The smallest absolute Gasteiger partial charge is 0.186 e. The standard InChI is InChI=1S/C14H19N3OS/c1-18-12-6-10-15-14(19)17-16-11-5-9-13-7-3-2-4-8-13/h2-5,7-9,11H,6,10,12H2,1H3,(H2,15,17,19)/b9-5-,16-11-. The Labute approximate surface area is 119 Å². The Morgan fingerprint density at radius 3 is 2.89 bits per heavy atom. The highest BCUT2D eigenvalue weighted by molar-refractivity contribution is 7.80. The quantitative estimate of drug-likeness (QED) is 0.347. The molecule has 0 aliphatic carbocycles. The number of benzene rings is 1. The molecule has 0 radical (unpaired) electrons. The van der Waals surface area contributed by atoms with Gasteiger partial charge in [0.2, 0.25) is 0 Å². The highest BCUT2D eigenvalue weighted by Crippen LogP contribution is 1.99. The van der Waals surface area contributed by atoms with Crippen molar-refractivity contribution in [2.75, 3.05) is 20.3 Å². The molecule has 1 aromatic rings. The minimum Gasteiger partial charge on any atom is -0.385 e. The van der Waals surface area contributed by atoms with E-state index in [-0.39, 0.29) is 0 Å². The van der Waals surface area contributed by atoms with Gasteiger partial charge in [-0.1, -0.05) is 36.4 Å². The number of hydrogen-bond acceptors (Lipinski definition) is 3. The Bertz CT molecular complexity index is 418. The first kappa shape index (κ1) is 15.3. The zero-order valence-corrected chi connectivity index (χ0v) is 11.8. The summed E-state index contributed by atoms with van der Waals surface area (Å²) in [5, 5.41) is 7.53. The Balaban J connectivity index is 2.16. The summed E-state index contributed by atoms with van der Waals surface area (Å²) in [6.45, 7) is 1.49. The van der Waals surface area contributed by atoms with Gasteiger partial charge in [-0.25, -0.2) is 0 Å². The molecule has 0 aliphatic rings. The summed E-state index contributed by atoms with van der Waals surface area (Å²) in [6.07, 6.45) is 6.40. The number of allylic oxidation sites excluding steroid dienone is 1. The molecule has 1 rings (SSSR count). The molecule has 0 aromatic heterocycles. The molecule has 0 aliphatic heterocycles. The molecule has 0 amide bonds. The van der Waals surface area contributed by atoms with Crippen molar-refractivity contribution in [1.29, 1.82) is 0 Å². The summed E-state index contributed by atoms with van der Waals surface area (Å²) in [5.41, 5.74) is 3.88. The lowest BCUT2D eigenvalue weighted by Crippen LogP contribution is -2.32. The minimum absolute atomic E-state index is 0.514. The number of thiocarbonyl (C=S) groups is 1. The van der Waals surface area contributed by atoms with Crippen LogP contribution in [0.1, 0.15) is 12.0 Å². The van der Waals surface area contributed by atoms with Crippen molar-refractivity contribution in [2.24, 2.45) is 5.10 Å². The summed E-state index contributed by atoms with van der Waals surface area (Å²) in [7, 11) is 1.68. The lowest BCUT2D eigenvalue weighted by molar-refractivity contribution is 0.195. The summed E-state index contributed by atoms with van der Waals surface area (Å²) in [4.78, 5) is 0. The molecular weight excluding hydrogens is 258 g/mol. The monoisotopic (exact) mass is 277 g/mol. The summed E-state index contributed by atoms with van der Waals surface area (Å²) in [6, 6.07) is 10.0. The fraction of sp³-hybridized carbons (Fsp3) is 0.286. The lowest BCUT2D eigenvalue weighted by atomic mass is 10.2. The van der Waals surface area contributed by atoms with Crippen molar-refractivity contribution in [1.82, 2.24) is 10.7 Å². The van der Waals surface area contributed by atoms with Crippen LogP contribution in [0.5, 0.6) is 0 Å². The van der Waals surface area contributed by atoms with Gasteiger partial charge in [0.25, 0.3) is 0 Å². The Morgan fingerprint density at radius 2 is 2.16 bits per heavy atom. The number of ether oxygens (including phenoxy) is 1. The van der Waals surface area contributed by atoms with Gasteiger partial charge in [0.05, 0.1) is 0 Å². The van der Waals surface area contributed by atoms with Gasteiger partial charge in [0.15, 0.2) is 5.11 Å². The van der Waals surface area contributed by atoms with E-state index in [1.54, 1.807) is 13.3 Å². The first-order valence-electron chi connectivity index (χ1n) is 6.10. The van der Waals surface area contributed by atoms with Crippen molar-refractivity contribution in [3.8, 4) is 0 Å². The van der Waals surface area contributed by atoms with Gasteiger partial charge in [-0.2, -0.15) is 5.10 Å². The predicted octanol–water partition coefficient (Wildman–Crippen LogP) is 2.19. The Hall–Kier alpha value is -1.72. The molecule has 0 spiro atoms. The van der Waals surface area contributed by atoms with E-state index in [2.05, 4.69) is 15.8 Å². The number of hydrazone groups is 1. The molecule has 19 heavy (non-hydrogen) atoms. The van der Waals surface area contributed by atoms with E-state index >= 15 is 0 Å². The third-order valence-electron chi connectivity index (χ3n) is 2.23. The number of nitrogens with zero attached hydrogens (tertiary/aromatic N) is 1. The predicted molar refractivity (Wildman–Crippen MR) is 84.2 cm³/mol. The van der Waals surface area contributed by atoms with E-state index in [1.807, 2.05) is 42.5 Å². The van der Waals surface area contributed by atoms with E-state index in [9.17, 15) is 0 Å². The topological polar surface area (TPSA) is 45.6 Å². The maximum atomic E-state index is 5.05. The molecule has 0 atom stereocenters. The van der Waals surface area contributed by atoms with Crippen molar-refractivity contribution >= 4 is 29.6 Å². The van der Waals surface area contributed by atoms with Crippen LogP contribution in [0.2, 0.25) is 0 Å². The molecule has 102 valence electrons. The fourth-order valence-electron chi connectivity index (χ4n) is 1.32. The van der Waals surface area contributed by atoms with Crippen LogP contribution in [0.15, 0.2) is 41.5 Å². The number of methoxy groups -OCH3 is 1. The molecule has 4 nitrogen and oxygen atoms in total. The number of hydrogen-bond donors (Lipinski definition) is 2. The van der Waals surface area contributed by atoms with Gasteiger partial charge in [-0.3, -0.25) is 5.43 Å². The van der Waals surface area contributed by atoms with E-state index < -0.39 is 0 Å². The maximum Gasteiger partial charge on any atom is 0.186 e. The Kier molecular flexibility index (Phi) is 8.25. The zero-order valence-electron chi connectivity index (χ0n) is 11.0. The van der Waals surface area contributed by atoms with Crippen molar-refractivity contribution in [2.45, 2.75) is 6.42 Å². The Morgan fingerprint density at radius 1 is 1.37 bits per heavy atom. The van der Waals surface area contributed by atoms with Crippen LogP contribution in [-0.4, -0.2) is 31.6 Å². The van der Waals surface area contributed by atoms with Gasteiger partial charge in [0.1, 0.15) is 0 Å². The molecule has 0 bridgehead atoms. The van der Waals surface area contributed by atoms with Crippen LogP contribution in [-0.2, 0) is 4.74 Å². The normalized spacial score (nSPS) is 11.0. The van der Waals surface area contributed by atoms with Crippen LogP contribution < -0.4 is 10.7 Å². The van der Waals surface area contributed by atoms with E-state index in [0.717, 1.165) is 25.1 Å². The highest BCUT2D eigenvalue weighted by Gasteiger charge is 1.91. The third-order valence-corrected chi connectivity index (χ3v) is 2.46. The number of nitrogens with one attached hydrogen (secondary N) is 2. The molecule has 5 heteroatoms. The van der Waals surface area contributed by atoms with Crippen LogP contribution in [0.3, 0.4) is 0 Å². The average molecular weight is 277 g/mol. The number of rotatable bonds is 7. The largest absolute Gasteiger partial charge is 0.385 e. The molecule has 1 aromatic carbocycles. The first-order valence-corrected chi connectivity index (χ1v) is 6.51. The van der Waals surface area contributed by atoms with Crippen LogP contribution >= 0.6 is 12.2 Å². The van der Waals surface area contributed by atoms with Crippen molar-refractivity contribution in [3.63, 3.8) is 0 Å². The van der Waals surface area contributed by atoms with Gasteiger partial charge >= 0.3 is 0 Å². The van der Waals surface area contributed by atoms with Crippen molar-refractivity contribution < 1.29 is 4.74 Å². The second kappa shape index (κ2) is 10.2. The summed E-state index contributed by atoms with van der Waals surface area (Å²) >= 11 is 5.05. The first-order chi connectivity index (χ1) is 9.33. The van der Waals surface area contributed by atoms with Crippen LogP contribution in [0.25, 0.3) is 6.08 Å².